The second kappa shape index (κ2) is 20.7. The van der Waals surface area contributed by atoms with Gasteiger partial charge in [0.2, 0.25) is 11.3 Å². The van der Waals surface area contributed by atoms with Crippen molar-refractivity contribution in [3.05, 3.63) is 84.4 Å². The molecule has 0 aromatic carbocycles. The normalized spacial score (nSPS) is 17.4. The quantitative estimate of drug-likeness (QED) is 0.0700. The first-order chi connectivity index (χ1) is 34.9. The number of aromatic nitrogens is 10. The number of aliphatic hydroxyl groups is 1. The number of hydrogen-bond acceptors (Lipinski definition) is 20. The standard InChI is InChI=1S/C48H56N18O6/c1-28-22-65(23-29(2)53-28)44-34(46(69)57-39-10-6-8-35(54-39)31-20-51-63(5)25-31)19-38-42(59-44)61-48(72-38)50-13-17-70-27-66-26-32(21-52-66)36-9-7-11-40(55-36)56-45(68)33-18-37-41(60-47(71-37)49-12-16-67)58-43(33)64-15-14-62(4)30(3)24-64/h6-11,18-21,25-26,28-30,53,67H,12-17,22-24,27H2,1-5H3,(H,49,58,60)(H,50,59,61)(H,54,57,69)(H,55,56,68)/t28?,29?,30-/m0/s1. The minimum Gasteiger partial charge on any atom is -0.422 e. The summed E-state index contributed by atoms with van der Waals surface area (Å²) in [5.74, 6) is 0.946. The van der Waals surface area contributed by atoms with Gasteiger partial charge in [-0.3, -0.25) is 14.3 Å². The number of oxazole rings is 2. The number of aryl methyl sites for hydroxylation is 1. The number of ether oxygens (including phenoxy) is 1. The van der Waals surface area contributed by atoms with Crippen LogP contribution in [-0.2, 0) is 18.5 Å². The van der Waals surface area contributed by atoms with Crippen LogP contribution in [0, 0.1) is 0 Å². The van der Waals surface area contributed by atoms with Gasteiger partial charge in [-0.15, -0.1) is 0 Å². The van der Waals surface area contributed by atoms with Crippen LogP contribution < -0.4 is 36.4 Å². The lowest BCUT2D eigenvalue weighted by molar-refractivity contribution is 0.0763. The third-order valence-corrected chi connectivity index (χ3v) is 12.4. The van der Waals surface area contributed by atoms with E-state index >= 15 is 0 Å². The molecule has 2 amide bonds. The fraction of sp³-hybridized carbons (Fsp3) is 0.375. The number of pyridine rings is 4. The van der Waals surface area contributed by atoms with Crippen LogP contribution in [0.4, 0.5) is 35.3 Å². The van der Waals surface area contributed by atoms with E-state index in [1.165, 1.54) is 0 Å². The number of amides is 2. The number of likely N-dealkylation sites (N-methyl/N-ethyl adjacent to an activating group) is 1. The van der Waals surface area contributed by atoms with Crippen LogP contribution in [0.1, 0.15) is 41.5 Å². The summed E-state index contributed by atoms with van der Waals surface area (Å²) in [6.45, 7) is 10.7. The minimum absolute atomic E-state index is 0.0960. The summed E-state index contributed by atoms with van der Waals surface area (Å²) in [5, 5.41) is 33.5. The van der Waals surface area contributed by atoms with Gasteiger partial charge >= 0.3 is 0 Å². The molecule has 0 saturated carbocycles. The van der Waals surface area contributed by atoms with Crippen molar-refractivity contribution in [2.24, 2.45) is 7.05 Å². The maximum atomic E-state index is 14.0. The molecule has 2 unspecified atom stereocenters. The summed E-state index contributed by atoms with van der Waals surface area (Å²) in [7, 11) is 3.91. The maximum Gasteiger partial charge on any atom is 0.297 e. The van der Waals surface area contributed by atoms with Gasteiger partial charge in [-0.1, -0.05) is 12.1 Å². The van der Waals surface area contributed by atoms with E-state index in [1.54, 1.807) is 46.0 Å². The smallest absolute Gasteiger partial charge is 0.297 e. The number of fused-ring (bicyclic) bond motifs is 2. The van der Waals surface area contributed by atoms with Gasteiger partial charge in [0.05, 0.1) is 48.1 Å². The Morgan fingerprint density at radius 1 is 0.722 bits per heavy atom. The SMILES string of the molecule is CC1CN(c2nc3nc(NCCOCn4cc(-c5cccc(NC(=O)c6cc7oc(NCCO)nc7nc6N6CCN(C)[C@@H](C)C6)n5)cn4)oc3cc2C(=O)Nc2cccc(-c3cnn(C)c3)n2)CC(C)N1. The minimum atomic E-state index is -0.404. The van der Waals surface area contributed by atoms with Gasteiger partial charge in [0.25, 0.3) is 23.8 Å². The number of piperazine rings is 2. The first-order valence-corrected chi connectivity index (χ1v) is 23.8. The van der Waals surface area contributed by atoms with Crippen LogP contribution in [0.25, 0.3) is 45.0 Å². The number of hydrogen-bond donors (Lipinski definition) is 6. The van der Waals surface area contributed by atoms with E-state index in [9.17, 15) is 14.7 Å². The lowest BCUT2D eigenvalue weighted by Gasteiger charge is -2.38. The highest BCUT2D eigenvalue weighted by atomic mass is 16.5. The molecule has 8 aromatic rings. The Balaban J connectivity index is 0.773. The number of carbonyl (C=O) groups is 2. The molecular formula is C48H56N18O6. The van der Waals surface area contributed by atoms with Crippen LogP contribution in [-0.4, -0.2) is 155 Å². The zero-order valence-corrected chi connectivity index (χ0v) is 40.5. The molecular weight excluding hydrogens is 925 g/mol. The molecule has 2 fully saturated rings. The highest BCUT2D eigenvalue weighted by Gasteiger charge is 2.30. The maximum absolute atomic E-state index is 14.0. The second-order valence-corrected chi connectivity index (χ2v) is 18.1. The number of anilines is 6. The van der Waals surface area contributed by atoms with Crippen molar-refractivity contribution in [3.63, 3.8) is 0 Å². The molecule has 8 aromatic heterocycles. The van der Waals surface area contributed by atoms with Crippen LogP contribution in [0.15, 0.2) is 82.2 Å². The molecule has 0 bridgehead atoms. The van der Waals surface area contributed by atoms with Crippen molar-refractivity contribution in [2.45, 2.75) is 45.6 Å². The van der Waals surface area contributed by atoms with Gasteiger partial charge in [-0.2, -0.15) is 20.2 Å². The van der Waals surface area contributed by atoms with Crippen molar-refractivity contribution in [3.8, 4) is 22.5 Å². The summed E-state index contributed by atoms with van der Waals surface area (Å²) in [6, 6.07) is 15.1. The van der Waals surface area contributed by atoms with E-state index in [2.05, 4.69) is 94.3 Å². The predicted octanol–water partition coefficient (Wildman–Crippen LogP) is 4.13. The van der Waals surface area contributed by atoms with Crippen LogP contribution in [0.2, 0.25) is 0 Å². The van der Waals surface area contributed by atoms with Gasteiger partial charge in [0.1, 0.15) is 30.0 Å². The largest absolute Gasteiger partial charge is 0.422 e. The van der Waals surface area contributed by atoms with Crippen molar-refractivity contribution >= 4 is 69.6 Å². The molecule has 3 atom stereocenters. The highest BCUT2D eigenvalue weighted by Crippen LogP contribution is 2.31. The van der Waals surface area contributed by atoms with Crippen LogP contribution >= 0.6 is 0 Å². The Labute approximate surface area is 413 Å². The number of aliphatic hydroxyl groups excluding tert-OH is 1. The molecule has 2 aliphatic heterocycles. The zero-order valence-electron chi connectivity index (χ0n) is 40.5. The predicted molar refractivity (Wildman–Crippen MR) is 270 cm³/mol. The first-order valence-electron chi connectivity index (χ1n) is 23.8. The Kier molecular flexibility index (Phi) is 13.7. The molecule has 10 heterocycles. The molecule has 10 rings (SSSR count). The fourth-order valence-electron chi connectivity index (χ4n) is 8.78. The fourth-order valence-corrected chi connectivity index (χ4v) is 8.78. The summed E-state index contributed by atoms with van der Waals surface area (Å²) in [5.41, 5.74) is 4.88. The van der Waals surface area contributed by atoms with Gasteiger partial charge in [-0.25, -0.2) is 24.6 Å². The number of nitrogens with one attached hydrogen (secondary N) is 5. The first kappa shape index (κ1) is 47.6. The Morgan fingerprint density at radius 3 is 1.89 bits per heavy atom. The summed E-state index contributed by atoms with van der Waals surface area (Å²) in [4.78, 5) is 62.6. The van der Waals surface area contributed by atoms with E-state index in [4.69, 9.17) is 28.5 Å². The van der Waals surface area contributed by atoms with Crippen molar-refractivity contribution in [1.29, 1.82) is 0 Å². The van der Waals surface area contributed by atoms with Gasteiger partial charge in [0.15, 0.2) is 11.2 Å². The van der Waals surface area contributed by atoms with Crippen molar-refractivity contribution in [1.82, 2.24) is 59.7 Å². The molecule has 72 heavy (non-hydrogen) atoms. The monoisotopic (exact) mass is 980 g/mol. The molecule has 6 N–H and O–H groups in total. The lowest BCUT2D eigenvalue weighted by atomic mass is 10.1. The van der Waals surface area contributed by atoms with E-state index in [1.807, 2.05) is 43.7 Å². The summed E-state index contributed by atoms with van der Waals surface area (Å²) >= 11 is 0. The van der Waals surface area contributed by atoms with E-state index < -0.39 is 5.91 Å². The third-order valence-electron chi connectivity index (χ3n) is 12.4. The Bertz CT molecular complexity index is 3210. The zero-order chi connectivity index (χ0) is 49.9. The average Bonchev–Trinajstić information content (AvgIpc) is 4.20. The van der Waals surface area contributed by atoms with Gasteiger partial charge < -0.3 is 60.0 Å². The molecule has 0 aliphatic carbocycles. The number of rotatable bonds is 17. The molecule has 0 radical (unpaired) electrons. The second-order valence-electron chi connectivity index (χ2n) is 18.1. The Morgan fingerprint density at radius 2 is 1.31 bits per heavy atom. The topological polar surface area (TPSA) is 273 Å². The molecule has 24 nitrogen and oxygen atoms in total. The van der Waals surface area contributed by atoms with E-state index in [0.29, 0.717) is 101 Å². The lowest BCUT2D eigenvalue weighted by Crippen LogP contribution is -2.54. The molecule has 2 aliphatic rings. The van der Waals surface area contributed by atoms with E-state index in [-0.39, 0.29) is 62.6 Å². The Hall–Kier alpha value is -8.06. The summed E-state index contributed by atoms with van der Waals surface area (Å²) in [6.07, 6.45) is 7.07. The van der Waals surface area contributed by atoms with Gasteiger partial charge in [-0.05, 0) is 52.1 Å². The van der Waals surface area contributed by atoms with Crippen LogP contribution in [0.5, 0.6) is 0 Å². The third kappa shape index (κ3) is 10.7. The molecule has 2 saturated heterocycles. The van der Waals surface area contributed by atoms with Gasteiger partial charge in [0, 0.05) is 107 Å². The number of carbonyl (C=O) groups excluding carboxylic acids is 2. The number of nitrogens with zero attached hydrogens (tertiary/aromatic N) is 13. The highest BCUT2D eigenvalue weighted by molar-refractivity contribution is 6.09. The summed E-state index contributed by atoms with van der Waals surface area (Å²) < 4.78 is 21.2. The molecule has 0 spiro atoms. The van der Waals surface area contributed by atoms with Crippen molar-refractivity contribution < 1.29 is 28.3 Å². The van der Waals surface area contributed by atoms with Crippen LogP contribution in [0.3, 0.4) is 0 Å². The average molecular weight is 981 g/mol. The van der Waals surface area contributed by atoms with Crippen molar-refractivity contribution in [2.75, 3.05) is 97.1 Å². The molecule has 374 valence electrons. The van der Waals surface area contributed by atoms with E-state index in [0.717, 1.165) is 17.7 Å². The molecule has 24 heteroatoms.